The van der Waals surface area contributed by atoms with Gasteiger partial charge in [-0.05, 0) is 48.0 Å². The standard InChI is InChI=1S/C22H13Cl2FN2O/c23-16-7-6-15(19(24)13-16)12-20-22(28)27(18-10-8-17(25)9-11-18)21(26-20)14-4-2-1-3-5-14/h1-13H/b20-12+. The summed E-state index contributed by atoms with van der Waals surface area (Å²) in [4.78, 5) is 19.1. The topological polar surface area (TPSA) is 32.7 Å². The molecule has 0 saturated carbocycles. The lowest BCUT2D eigenvalue weighted by atomic mass is 10.1. The van der Waals surface area contributed by atoms with Gasteiger partial charge in [0.25, 0.3) is 5.91 Å². The van der Waals surface area contributed by atoms with Crippen molar-refractivity contribution in [3.05, 3.63) is 105 Å². The first kappa shape index (κ1) is 18.4. The van der Waals surface area contributed by atoms with Crippen molar-refractivity contribution in [1.82, 2.24) is 0 Å². The van der Waals surface area contributed by atoms with Crippen molar-refractivity contribution in [1.29, 1.82) is 0 Å². The first-order chi connectivity index (χ1) is 13.5. The van der Waals surface area contributed by atoms with Gasteiger partial charge in [0.1, 0.15) is 17.3 Å². The fraction of sp³-hybridized carbons (Fsp3) is 0. The minimum atomic E-state index is -0.377. The lowest BCUT2D eigenvalue weighted by Crippen LogP contribution is -2.32. The lowest BCUT2D eigenvalue weighted by molar-refractivity contribution is -0.113. The summed E-state index contributed by atoms with van der Waals surface area (Å²) in [6, 6.07) is 20.1. The summed E-state index contributed by atoms with van der Waals surface area (Å²) in [6.45, 7) is 0. The summed E-state index contributed by atoms with van der Waals surface area (Å²) in [7, 11) is 0. The average Bonchev–Trinajstić information content (AvgIpc) is 3.02. The highest BCUT2D eigenvalue weighted by atomic mass is 35.5. The molecule has 6 heteroatoms. The van der Waals surface area contributed by atoms with Crippen molar-refractivity contribution >= 4 is 46.7 Å². The number of rotatable bonds is 3. The Morgan fingerprint density at radius 2 is 1.64 bits per heavy atom. The van der Waals surface area contributed by atoms with Crippen LogP contribution in [0.5, 0.6) is 0 Å². The average molecular weight is 411 g/mol. The highest BCUT2D eigenvalue weighted by molar-refractivity contribution is 6.36. The predicted octanol–water partition coefficient (Wildman–Crippen LogP) is 5.97. The molecule has 0 atom stereocenters. The van der Waals surface area contributed by atoms with Crippen molar-refractivity contribution in [2.24, 2.45) is 4.99 Å². The molecule has 0 N–H and O–H groups in total. The van der Waals surface area contributed by atoms with E-state index in [2.05, 4.69) is 4.99 Å². The van der Waals surface area contributed by atoms with Crippen molar-refractivity contribution in [2.45, 2.75) is 0 Å². The Morgan fingerprint density at radius 3 is 2.32 bits per heavy atom. The van der Waals surface area contributed by atoms with Gasteiger partial charge in [-0.25, -0.2) is 9.38 Å². The van der Waals surface area contributed by atoms with Crippen LogP contribution in [0.3, 0.4) is 0 Å². The zero-order valence-electron chi connectivity index (χ0n) is 14.4. The lowest BCUT2D eigenvalue weighted by Gasteiger charge is -2.18. The Bertz CT molecular complexity index is 1110. The number of amidine groups is 1. The molecule has 0 saturated heterocycles. The molecule has 3 aromatic carbocycles. The normalized spacial score (nSPS) is 15.2. The van der Waals surface area contributed by atoms with Crippen molar-refractivity contribution < 1.29 is 9.18 Å². The fourth-order valence-electron chi connectivity index (χ4n) is 2.89. The van der Waals surface area contributed by atoms with Gasteiger partial charge in [0.15, 0.2) is 0 Å². The number of anilines is 1. The number of nitrogens with zero attached hydrogens (tertiary/aromatic N) is 2. The van der Waals surface area contributed by atoms with Crippen LogP contribution >= 0.6 is 23.2 Å². The molecule has 1 heterocycles. The third kappa shape index (κ3) is 3.57. The third-order valence-corrected chi connectivity index (χ3v) is 4.79. The van der Waals surface area contributed by atoms with Crippen molar-refractivity contribution in [3.63, 3.8) is 0 Å². The van der Waals surface area contributed by atoms with E-state index in [1.807, 2.05) is 30.3 Å². The molecule has 138 valence electrons. The van der Waals surface area contributed by atoms with Gasteiger partial charge >= 0.3 is 0 Å². The van der Waals surface area contributed by atoms with E-state index in [4.69, 9.17) is 23.2 Å². The number of halogens is 3. The van der Waals surface area contributed by atoms with Gasteiger partial charge in [0.2, 0.25) is 0 Å². The molecule has 1 aliphatic rings. The molecule has 0 fully saturated rings. The zero-order valence-corrected chi connectivity index (χ0v) is 16.0. The van der Waals surface area contributed by atoms with E-state index >= 15 is 0 Å². The molecule has 0 unspecified atom stereocenters. The van der Waals surface area contributed by atoms with Crippen LogP contribution in [-0.2, 0) is 4.79 Å². The van der Waals surface area contributed by atoms with Gasteiger partial charge in [0.05, 0.1) is 5.69 Å². The second kappa shape index (κ2) is 7.58. The summed E-state index contributed by atoms with van der Waals surface area (Å²) in [5.41, 5.74) is 2.16. The number of amides is 1. The number of hydrogen-bond acceptors (Lipinski definition) is 2. The summed E-state index contributed by atoms with van der Waals surface area (Å²) in [6.07, 6.45) is 1.62. The van der Waals surface area contributed by atoms with E-state index in [-0.39, 0.29) is 17.4 Å². The summed E-state index contributed by atoms with van der Waals surface area (Å²) >= 11 is 12.2. The van der Waals surface area contributed by atoms with Crippen LogP contribution in [0.25, 0.3) is 6.08 Å². The Balaban J connectivity index is 1.83. The highest BCUT2D eigenvalue weighted by Crippen LogP contribution is 2.30. The highest BCUT2D eigenvalue weighted by Gasteiger charge is 2.32. The largest absolute Gasteiger partial charge is 0.282 e. The molecule has 3 aromatic rings. The van der Waals surface area contributed by atoms with E-state index in [9.17, 15) is 9.18 Å². The van der Waals surface area contributed by atoms with Crippen LogP contribution in [0.15, 0.2) is 83.5 Å². The maximum absolute atomic E-state index is 13.4. The SMILES string of the molecule is O=C1/C(=C\c2ccc(Cl)cc2Cl)N=C(c2ccccc2)N1c1ccc(F)cc1. The summed E-state index contributed by atoms with van der Waals surface area (Å²) in [5.74, 6) is -0.234. The monoisotopic (exact) mass is 410 g/mol. The van der Waals surface area contributed by atoms with Crippen molar-refractivity contribution in [3.8, 4) is 0 Å². The van der Waals surface area contributed by atoms with E-state index in [1.165, 1.54) is 17.0 Å². The van der Waals surface area contributed by atoms with Crippen molar-refractivity contribution in [2.75, 3.05) is 4.90 Å². The Morgan fingerprint density at radius 1 is 0.929 bits per heavy atom. The number of benzene rings is 3. The minimum Gasteiger partial charge on any atom is -0.266 e. The van der Waals surface area contributed by atoms with Gasteiger partial charge in [0, 0.05) is 15.6 Å². The summed E-state index contributed by atoms with van der Waals surface area (Å²) < 4.78 is 13.4. The maximum Gasteiger partial charge on any atom is 0.282 e. The second-order valence-corrected chi connectivity index (χ2v) is 6.96. The number of carbonyl (C=O) groups excluding carboxylic acids is 1. The smallest absolute Gasteiger partial charge is 0.266 e. The molecule has 0 bridgehead atoms. The van der Waals surface area contributed by atoms with Crippen LogP contribution in [0, 0.1) is 5.82 Å². The number of aliphatic imine (C=N–C) groups is 1. The van der Waals surface area contributed by atoms with Gasteiger partial charge in [-0.2, -0.15) is 0 Å². The van der Waals surface area contributed by atoms with Crippen LogP contribution in [-0.4, -0.2) is 11.7 Å². The van der Waals surface area contributed by atoms with Crippen LogP contribution in [0.4, 0.5) is 10.1 Å². The molecular formula is C22H13Cl2FN2O. The van der Waals surface area contributed by atoms with Crippen LogP contribution in [0.1, 0.15) is 11.1 Å². The van der Waals surface area contributed by atoms with Crippen LogP contribution in [0.2, 0.25) is 10.0 Å². The quantitative estimate of drug-likeness (QED) is 0.489. The summed E-state index contributed by atoms with van der Waals surface area (Å²) in [5, 5.41) is 0.927. The molecular weight excluding hydrogens is 398 g/mol. The molecule has 4 rings (SSSR count). The zero-order chi connectivity index (χ0) is 19.7. The maximum atomic E-state index is 13.4. The third-order valence-electron chi connectivity index (χ3n) is 4.23. The van der Waals surface area contributed by atoms with Gasteiger partial charge < -0.3 is 0 Å². The Labute approximate surface area is 171 Å². The predicted molar refractivity (Wildman–Crippen MR) is 111 cm³/mol. The van der Waals surface area contributed by atoms with E-state index in [0.29, 0.717) is 27.1 Å². The fourth-order valence-corrected chi connectivity index (χ4v) is 3.36. The number of carbonyl (C=O) groups is 1. The molecule has 28 heavy (non-hydrogen) atoms. The molecule has 3 nitrogen and oxygen atoms in total. The molecule has 1 aliphatic heterocycles. The van der Waals surface area contributed by atoms with Crippen LogP contribution < -0.4 is 4.90 Å². The first-order valence-corrected chi connectivity index (χ1v) is 9.19. The second-order valence-electron chi connectivity index (χ2n) is 6.11. The van der Waals surface area contributed by atoms with Gasteiger partial charge in [-0.15, -0.1) is 0 Å². The number of hydrogen-bond donors (Lipinski definition) is 0. The van der Waals surface area contributed by atoms with E-state index in [1.54, 1.807) is 36.4 Å². The minimum absolute atomic E-state index is 0.229. The molecule has 0 aliphatic carbocycles. The van der Waals surface area contributed by atoms with E-state index in [0.717, 1.165) is 5.56 Å². The molecule has 0 spiro atoms. The first-order valence-electron chi connectivity index (χ1n) is 8.44. The molecule has 0 aromatic heterocycles. The molecule has 0 radical (unpaired) electrons. The van der Waals surface area contributed by atoms with E-state index < -0.39 is 0 Å². The Kier molecular flexibility index (Phi) is 4.99. The molecule has 1 amide bonds. The van der Waals surface area contributed by atoms with Gasteiger partial charge in [-0.1, -0.05) is 59.6 Å². The Hall–Kier alpha value is -2.95. The van der Waals surface area contributed by atoms with Gasteiger partial charge in [-0.3, -0.25) is 9.69 Å².